The van der Waals surface area contributed by atoms with E-state index in [-0.39, 0.29) is 30.6 Å². The van der Waals surface area contributed by atoms with E-state index in [2.05, 4.69) is 5.32 Å². The number of ketones is 1. The lowest BCUT2D eigenvalue weighted by atomic mass is 10.0. The van der Waals surface area contributed by atoms with Gasteiger partial charge in [0.25, 0.3) is 0 Å². The first-order valence-electron chi connectivity index (χ1n) is 10.8. The van der Waals surface area contributed by atoms with Crippen molar-refractivity contribution in [3.05, 3.63) is 82.9 Å². The number of Topliss-reactive ketones (excluding diaryl/α,β-unsaturated/α-hetero) is 1. The second-order valence-corrected chi connectivity index (χ2v) is 8.45. The minimum Gasteiger partial charge on any atom is -0.456 e. The Balaban J connectivity index is 1.64. The maximum atomic E-state index is 12.7. The monoisotopic (exact) mass is 431 g/mol. The molecule has 3 rings (SSSR count). The molecule has 0 unspecified atom stereocenters. The van der Waals surface area contributed by atoms with Gasteiger partial charge in [-0.1, -0.05) is 74.0 Å². The molecular formula is C27H29NO4. The molecule has 0 bridgehead atoms. The Labute approximate surface area is 188 Å². The van der Waals surface area contributed by atoms with Crippen molar-refractivity contribution >= 4 is 28.4 Å². The number of rotatable bonds is 8. The molecule has 0 saturated heterocycles. The number of carbonyl (C=O) groups excluding carboxylic acids is 3. The van der Waals surface area contributed by atoms with Crippen molar-refractivity contribution in [3.63, 3.8) is 0 Å². The summed E-state index contributed by atoms with van der Waals surface area (Å²) in [4.78, 5) is 38.0. The van der Waals surface area contributed by atoms with Crippen molar-refractivity contribution in [2.75, 3.05) is 6.61 Å². The van der Waals surface area contributed by atoms with Gasteiger partial charge < -0.3 is 10.1 Å². The number of esters is 1. The van der Waals surface area contributed by atoms with Crippen molar-refractivity contribution in [2.45, 2.75) is 40.2 Å². The van der Waals surface area contributed by atoms with Gasteiger partial charge in [0, 0.05) is 5.56 Å². The van der Waals surface area contributed by atoms with Gasteiger partial charge in [0.2, 0.25) is 11.7 Å². The largest absolute Gasteiger partial charge is 0.456 e. The summed E-state index contributed by atoms with van der Waals surface area (Å²) in [5.41, 5.74) is 3.23. The second-order valence-electron chi connectivity index (χ2n) is 8.45. The van der Waals surface area contributed by atoms with Crippen LogP contribution in [0.15, 0.2) is 60.7 Å². The molecule has 3 aromatic carbocycles. The lowest BCUT2D eigenvalue weighted by Crippen LogP contribution is -2.46. The average Bonchev–Trinajstić information content (AvgIpc) is 2.77. The molecule has 0 aromatic heterocycles. The number of aryl methyl sites for hydroxylation is 2. The molecule has 0 spiro atoms. The molecule has 0 aliphatic heterocycles. The van der Waals surface area contributed by atoms with Crippen molar-refractivity contribution in [1.29, 1.82) is 0 Å². The summed E-state index contributed by atoms with van der Waals surface area (Å²) in [6.07, 6.45) is 0.152. The summed E-state index contributed by atoms with van der Waals surface area (Å²) in [6.45, 7) is 7.06. The van der Waals surface area contributed by atoms with Gasteiger partial charge >= 0.3 is 5.97 Å². The Morgan fingerprint density at radius 1 is 0.938 bits per heavy atom. The standard InChI is InChI=1S/C27H29NO4/c1-17(2)26(27(31)32-16-24(29)23-14-18(3)12-13-19(23)4)28-25(30)15-21-10-7-9-20-8-5-6-11-22(20)21/h5-14,17,26H,15-16H2,1-4H3,(H,28,30)/t26-/m1/s1. The van der Waals surface area contributed by atoms with Gasteiger partial charge in [-0.2, -0.15) is 0 Å². The normalized spacial score (nSPS) is 11.9. The first-order chi connectivity index (χ1) is 15.3. The number of hydrogen-bond acceptors (Lipinski definition) is 4. The van der Waals surface area contributed by atoms with E-state index in [9.17, 15) is 14.4 Å². The van der Waals surface area contributed by atoms with Crippen LogP contribution in [-0.4, -0.2) is 30.3 Å². The number of fused-ring (bicyclic) bond motifs is 1. The van der Waals surface area contributed by atoms with Gasteiger partial charge in [-0.25, -0.2) is 4.79 Å². The highest BCUT2D eigenvalue weighted by atomic mass is 16.5. The average molecular weight is 432 g/mol. The molecular weight excluding hydrogens is 402 g/mol. The molecule has 32 heavy (non-hydrogen) atoms. The van der Waals surface area contributed by atoms with Crippen molar-refractivity contribution in [1.82, 2.24) is 5.32 Å². The summed E-state index contributed by atoms with van der Waals surface area (Å²) in [7, 11) is 0. The minimum absolute atomic E-state index is 0.152. The van der Waals surface area contributed by atoms with Gasteiger partial charge in [-0.3, -0.25) is 9.59 Å². The molecule has 5 heteroatoms. The van der Waals surface area contributed by atoms with Crippen LogP contribution in [-0.2, 0) is 20.7 Å². The Morgan fingerprint density at radius 3 is 2.41 bits per heavy atom. The SMILES string of the molecule is Cc1ccc(C)c(C(=O)COC(=O)[C@H](NC(=O)Cc2cccc3ccccc23)C(C)C)c1. The van der Waals surface area contributed by atoms with Gasteiger partial charge in [-0.15, -0.1) is 0 Å². The Kier molecular flexibility index (Phi) is 7.41. The predicted molar refractivity (Wildman–Crippen MR) is 126 cm³/mol. The molecule has 5 nitrogen and oxygen atoms in total. The van der Waals surface area contributed by atoms with E-state index < -0.39 is 12.0 Å². The molecule has 0 radical (unpaired) electrons. The van der Waals surface area contributed by atoms with E-state index in [0.717, 1.165) is 27.5 Å². The number of nitrogens with one attached hydrogen (secondary N) is 1. The van der Waals surface area contributed by atoms with Crippen LogP contribution in [0.25, 0.3) is 10.8 Å². The highest BCUT2D eigenvalue weighted by molar-refractivity contribution is 5.99. The van der Waals surface area contributed by atoms with Crippen LogP contribution in [0.5, 0.6) is 0 Å². The number of carbonyl (C=O) groups is 3. The maximum Gasteiger partial charge on any atom is 0.329 e. The van der Waals surface area contributed by atoms with Crippen LogP contribution in [0.1, 0.15) is 40.9 Å². The summed E-state index contributed by atoms with van der Waals surface area (Å²) < 4.78 is 5.29. The third kappa shape index (κ3) is 5.61. The van der Waals surface area contributed by atoms with E-state index in [0.29, 0.717) is 5.56 Å². The predicted octanol–water partition coefficient (Wildman–Crippen LogP) is 4.57. The molecule has 3 aromatic rings. The van der Waals surface area contributed by atoms with E-state index in [4.69, 9.17) is 4.74 Å². The zero-order chi connectivity index (χ0) is 23.3. The third-order valence-corrected chi connectivity index (χ3v) is 5.51. The molecule has 0 fully saturated rings. The van der Waals surface area contributed by atoms with E-state index >= 15 is 0 Å². The van der Waals surface area contributed by atoms with Crippen LogP contribution in [0.3, 0.4) is 0 Å². The molecule has 0 aliphatic carbocycles. The zero-order valence-corrected chi connectivity index (χ0v) is 19.0. The van der Waals surface area contributed by atoms with Crippen LogP contribution >= 0.6 is 0 Å². The van der Waals surface area contributed by atoms with Gasteiger partial charge in [0.15, 0.2) is 6.61 Å². The lowest BCUT2D eigenvalue weighted by Gasteiger charge is -2.21. The van der Waals surface area contributed by atoms with E-state index in [1.54, 1.807) is 6.07 Å². The van der Waals surface area contributed by atoms with Crippen LogP contribution < -0.4 is 5.32 Å². The van der Waals surface area contributed by atoms with Crippen LogP contribution in [0.4, 0.5) is 0 Å². The fraction of sp³-hybridized carbons (Fsp3) is 0.296. The first kappa shape index (κ1) is 23.2. The molecule has 0 aliphatic rings. The zero-order valence-electron chi connectivity index (χ0n) is 19.0. The van der Waals surface area contributed by atoms with Crippen molar-refractivity contribution in [3.8, 4) is 0 Å². The van der Waals surface area contributed by atoms with E-state index in [1.807, 2.05) is 82.3 Å². The number of benzene rings is 3. The fourth-order valence-corrected chi connectivity index (χ4v) is 3.68. The first-order valence-corrected chi connectivity index (χ1v) is 10.8. The summed E-state index contributed by atoms with van der Waals surface area (Å²) in [5.74, 6) is -1.32. The Bertz CT molecular complexity index is 1140. The van der Waals surface area contributed by atoms with Gasteiger partial charge in [0.05, 0.1) is 6.42 Å². The second kappa shape index (κ2) is 10.2. The molecule has 1 atom stereocenters. The smallest absolute Gasteiger partial charge is 0.329 e. The topological polar surface area (TPSA) is 72.5 Å². The molecule has 0 heterocycles. The van der Waals surface area contributed by atoms with Crippen molar-refractivity contribution in [2.24, 2.45) is 5.92 Å². The highest BCUT2D eigenvalue weighted by Crippen LogP contribution is 2.19. The maximum absolute atomic E-state index is 12.7. The molecule has 1 N–H and O–H groups in total. The molecule has 0 saturated carbocycles. The molecule has 166 valence electrons. The summed E-state index contributed by atoms with van der Waals surface area (Å²) >= 11 is 0. The lowest BCUT2D eigenvalue weighted by molar-refractivity contribution is -0.148. The van der Waals surface area contributed by atoms with Crippen LogP contribution in [0, 0.1) is 19.8 Å². The Hall–Kier alpha value is -3.47. The van der Waals surface area contributed by atoms with Gasteiger partial charge in [0.1, 0.15) is 6.04 Å². The van der Waals surface area contributed by atoms with E-state index in [1.165, 1.54) is 0 Å². The highest BCUT2D eigenvalue weighted by Gasteiger charge is 2.27. The number of ether oxygens (including phenoxy) is 1. The fourth-order valence-electron chi connectivity index (χ4n) is 3.68. The Morgan fingerprint density at radius 2 is 1.66 bits per heavy atom. The van der Waals surface area contributed by atoms with Crippen molar-refractivity contribution < 1.29 is 19.1 Å². The third-order valence-electron chi connectivity index (χ3n) is 5.51. The number of amides is 1. The summed E-state index contributed by atoms with van der Waals surface area (Å²) in [5, 5.41) is 4.85. The van der Waals surface area contributed by atoms with Gasteiger partial charge in [-0.05, 0) is 47.7 Å². The minimum atomic E-state index is -0.830. The quantitative estimate of drug-likeness (QED) is 0.419. The molecule has 1 amide bonds. The summed E-state index contributed by atoms with van der Waals surface area (Å²) in [6, 6.07) is 18.4. The number of hydrogen-bond donors (Lipinski definition) is 1. The van der Waals surface area contributed by atoms with Crippen LogP contribution in [0.2, 0.25) is 0 Å².